The van der Waals surface area contributed by atoms with Crippen LogP contribution in [0.2, 0.25) is 0 Å². The van der Waals surface area contributed by atoms with E-state index in [4.69, 9.17) is 19.9 Å². The molecule has 1 amide bonds. The number of amides is 1. The Balaban J connectivity index is 2.13. The Morgan fingerprint density at radius 2 is 1.58 bits per heavy atom. The van der Waals surface area contributed by atoms with Crippen LogP contribution < -0.4 is 19.9 Å². The molecule has 11 heteroatoms. The summed E-state index contributed by atoms with van der Waals surface area (Å²) in [6, 6.07) is 14.2. The third-order valence-electron chi connectivity index (χ3n) is 4.85. The zero-order valence-corrected chi connectivity index (χ0v) is 19.0. The van der Waals surface area contributed by atoms with Crippen LogP contribution in [-0.4, -0.2) is 50.3 Å². The highest BCUT2D eigenvalue weighted by Crippen LogP contribution is 2.35. The van der Waals surface area contributed by atoms with E-state index in [-0.39, 0.29) is 44.4 Å². The van der Waals surface area contributed by atoms with Gasteiger partial charge in [-0.1, -0.05) is 30.3 Å². The SMILES string of the molecule is COc1ccc(S(=O)(=O)N(O)C(=O)c2c(N)c(OC)nc(OC)c2Cc2ccccc2)cc1. The predicted octanol–water partition coefficient (Wildman–Crippen LogP) is 2.50. The monoisotopic (exact) mass is 473 g/mol. The number of benzene rings is 2. The first kappa shape index (κ1) is 23.8. The van der Waals surface area contributed by atoms with Gasteiger partial charge in [-0.2, -0.15) is 13.4 Å². The molecule has 174 valence electrons. The van der Waals surface area contributed by atoms with Gasteiger partial charge in [-0.25, -0.2) is 0 Å². The quantitative estimate of drug-likeness (QED) is 0.373. The summed E-state index contributed by atoms with van der Waals surface area (Å²) in [5, 5.41) is 10.5. The largest absolute Gasteiger partial charge is 0.497 e. The normalized spacial score (nSPS) is 11.0. The van der Waals surface area contributed by atoms with Crippen LogP contribution in [0.3, 0.4) is 0 Å². The molecule has 3 aromatic rings. The average molecular weight is 474 g/mol. The highest BCUT2D eigenvalue weighted by atomic mass is 32.2. The molecule has 2 aromatic carbocycles. The van der Waals surface area contributed by atoms with Gasteiger partial charge in [-0.05, 0) is 29.8 Å². The third-order valence-corrected chi connectivity index (χ3v) is 6.33. The zero-order valence-electron chi connectivity index (χ0n) is 18.2. The number of aromatic nitrogens is 1. The van der Waals surface area contributed by atoms with E-state index in [0.717, 1.165) is 5.56 Å². The average Bonchev–Trinajstić information content (AvgIpc) is 2.84. The van der Waals surface area contributed by atoms with Crippen LogP contribution in [0.25, 0.3) is 0 Å². The van der Waals surface area contributed by atoms with Crippen molar-refractivity contribution in [1.82, 2.24) is 9.45 Å². The molecule has 0 unspecified atom stereocenters. The molecule has 0 aliphatic heterocycles. The second-order valence-electron chi connectivity index (χ2n) is 6.79. The van der Waals surface area contributed by atoms with E-state index >= 15 is 0 Å². The van der Waals surface area contributed by atoms with Crippen LogP contribution in [0.1, 0.15) is 21.5 Å². The van der Waals surface area contributed by atoms with E-state index in [1.807, 2.05) is 6.07 Å². The Hall–Kier alpha value is -3.83. The summed E-state index contributed by atoms with van der Waals surface area (Å²) in [6.45, 7) is 0. The Bertz CT molecular complexity index is 1250. The van der Waals surface area contributed by atoms with Crippen molar-refractivity contribution in [3.8, 4) is 17.5 Å². The second kappa shape index (κ2) is 9.76. The number of sulfonamides is 1. The van der Waals surface area contributed by atoms with Crippen molar-refractivity contribution in [3.05, 3.63) is 71.3 Å². The van der Waals surface area contributed by atoms with Gasteiger partial charge in [0.05, 0.1) is 31.8 Å². The number of hydroxylamine groups is 1. The Kier molecular flexibility index (Phi) is 7.04. The number of carbonyl (C=O) groups excluding carboxylic acids is 1. The Morgan fingerprint density at radius 3 is 2.12 bits per heavy atom. The van der Waals surface area contributed by atoms with Crippen molar-refractivity contribution in [1.29, 1.82) is 0 Å². The molecule has 0 fully saturated rings. The number of methoxy groups -OCH3 is 3. The lowest BCUT2D eigenvalue weighted by Gasteiger charge is -2.21. The summed E-state index contributed by atoms with van der Waals surface area (Å²) >= 11 is 0. The van der Waals surface area contributed by atoms with E-state index in [1.165, 1.54) is 45.6 Å². The van der Waals surface area contributed by atoms with Crippen LogP contribution in [0.5, 0.6) is 17.5 Å². The molecule has 0 saturated carbocycles. The van der Waals surface area contributed by atoms with Gasteiger partial charge in [0.25, 0.3) is 15.9 Å². The van der Waals surface area contributed by atoms with E-state index < -0.39 is 15.9 Å². The highest BCUT2D eigenvalue weighted by Gasteiger charge is 2.34. The molecule has 0 radical (unpaired) electrons. The maximum absolute atomic E-state index is 13.3. The number of carbonyl (C=O) groups is 1. The maximum Gasteiger partial charge on any atom is 0.294 e. The molecule has 0 saturated heterocycles. The highest BCUT2D eigenvalue weighted by molar-refractivity contribution is 7.89. The summed E-state index contributed by atoms with van der Waals surface area (Å²) in [7, 11) is -0.583. The minimum absolute atomic E-state index is 0.00324. The topological polar surface area (TPSA) is 141 Å². The molecule has 0 atom stereocenters. The molecular weight excluding hydrogens is 450 g/mol. The Morgan fingerprint density at radius 1 is 0.970 bits per heavy atom. The molecule has 1 heterocycles. The minimum Gasteiger partial charge on any atom is -0.497 e. The van der Waals surface area contributed by atoms with Crippen LogP contribution in [0.4, 0.5) is 5.69 Å². The van der Waals surface area contributed by atoms with Gasteiger partial charge in [0, 0.05) is 12.0 Å². The standard InChI is InChI=1S/C22H23N3O7S/c1-30-15-9-11-16(12-10-15)33(28,29)25(27)22(26)18-17(13-14-7-5-4-6-8-14)20(31-2)24-21(32-3)19(18)23/h4-12,27H,13,23H2,1-3H3. The number of nitrogen functional groups attached to an aromatic ring is 1. The number of anilines is 1. The summed E-state index contributed by atoms with van der Waals surface area (Å²) in [6.07, 6.45) is 0.128. The lowest BCUT2D eigenvalue weighted by Crippen LogP contribution is -2.35. The maximum atomic E-state index is 13.3. The number of nitrogens with zero attached hydrogens (tertiary/aromatic N) is 2. The number of ether oxygens (including phenoxy) is 3. The predicted molar refractivity (Wildman–Crippen MR) is 119 cm³/mol. The number of pyridine rings is 1. The van der Waals surface area contributed by atoms with Gasteiger partial charge in [-0.15, -0.1) is 4.47 Å². The smallest absolute Gasteiger partial charge is 0.294 e. The van der Waals surface area contributed by atoms with E-state index in [0.29, 0.717) is 5.75 Å². The number of hydrogen-bond donors (Lipinski definition) is 2. The van der Waals surface area contributed by atoms with E-state index in [2.05, 4.69) is 4.98 Å². The van der Waals surface area contributed by atoms with Crippen molar-refractivity contribution in [3.63, 3.8) is 0 Å². The Labute approximate surface area is 191 Å². The minimum atomic E-state index is -4.63. The number of rotatable bonds is 8. The first-order valence-corrected chi connectivity index (χ1v) is 11.0. The summed E-state index contributed by atoms with van der Waals surface area (Å²) in [5.74, 6) is -1.03. The molecule has 0 aliphatic carbocycles. The van der Waals surface area contributed by atoms with Crippen molar-refractivity contribution in [2.24, 2.45) is 0 Å². The molecule has 3 rings (SSSR count). The lowest BCUT2D eigenvalue weighted by molar-refractivity contribution is 0.00784. The summed E-state index contributed by atoms with van der Waals surface area (Å²) < 4.78 is 41.0. The third kappa shape index (κ3) is 4.69. The zero-order chi connectivity index (χ0) is 24.2. The summed E-state index contributed by atoms with van der Waals surface area (Å²) in [4.78, 5) is 17.1. The molecule has 0 bridgehead atoms. The molecule has 33 heavy (non-hydrogen) atoms. The van der Waals surface area contributed by atoms with Gasteiger partial charge in [0.2, 0.25) is 11.8 Å². The van der Waals surface area contributed by atoms with Gasteiger partial charge in [0.15, 0.2) is 0 Å². The molecule has 10 nitrogen and oxygen atoms in total. The van der Waals surface area contributed by atoms with Crippen molar-refractivity contribution < 1.29 is 32.6 Å². The fourth-order valence-corrected chi connectivity index (χ4v) is 4.17. The first-order valence-electron chi connectivity index (χ1n) is 9.61. The number of nitrogens with two attached hydrogens (primary N) is 1. The summed E-state index contributed by atoms with van der Waals surface area (Å²) in [5.41, 5.74) is 6.54. The fourth-order valence-electron chi connectivity index (χ4n) is 3.18. The van der Waals surface area contributed by atoms with Crippen molar-refractivity contribution in [2.75, 3.05) is 27.1 Å². The molecular formula is C22H23N3O7S. The molecule has 0 aliphatic rings. The number of hydrogen-bond acceptors (Lipinski definition) is 9. The van der Waals surface area contributed by atoms with E-state index in [9.17, 15) is 18.4 Å². The van der Waals surface area contributed by atoms with Crippen LogP contribution in [0.15, 0.2) is 59.5 Å². The molecule has 3 N–H and O–H groups in total. The van der Waals surface area contributed by atoms with Crippen LogP contribution in [0, 0.1) is 0 Å². The fraction of sp³-hybridized carbons (Fsp3) is 0.182. The van der Waals surface area contributed by atoms with Gasteiger partial charge >= 0.3 is 0 Å². The molecule has 1 aromatic heterocycles. The van der Waals surface area contributed by atoms with Crippen molar-refractivity contribution in [2.45, 2.75) is 11.3 Å². The second-order valence-corrected chi connectivity index (χ2v) is 8.56. The van der Waals surface area contributed by atoms with Gasteiger partial charge in [-0.3, -0.25) is 10.0 Å². The lowest BCUT2D eigenvalue weighted by atomic mass is 9.99. The first-order chi connectivity index (χ1) is 15.7. The van der Waals surface area contributed by atoms with Crippen LogP contribution in [-0.2, 0) is 16.4 Å². The van der Waals surface area contributed by atoms with E-state index in [1.54, 1.807) is 24.3 Å². The van der Waals surface area contributed by atoms with Gasteiger partial charge in [0.1, 0.15) is 11.4 Å². The van der Waals surface area contributed by atoms with Gasteiger partial charge < -0.3 is 19.9 Å². The van der Waals surface area contributed by atoms with Crippen LogP contribution >= 0.6 is 0 Å². The molecule has 0 spiro atoms. The van der Waals surface area contributed by atoms with Crippen molar-refractivity contribution >= 4 is 21.6 Å².